The lowest BCUT2D eigenvalue weighted by atomic mass is 10.1. The van der Waals surface area contributed by atoms with Crippen molar-refractivity contribution in [3.8, 4) is 0 Å². The first-order chi connectivity index (χ1) is 8.58. The smallest absolute Gasteiger partial charge is 0.200 e. The van der Waals surface area contributed by atoms with Gasteiger partial charge in [-0.25, -0.2) is 9.97 Å². The van der Waals surface area contributed by atoms with Crippen LogP contribution >= 0.6 is 11.6 Å². The molecule has 0 spiro atoms. The summed E-state index contributed by atoms with van der Waals surface area (Å²) in [5, 5.41) is 1.65. The Balaban J connectivity index is 2.65. The molecule has 0 N–H and O–H groups in total. The van der Waals surface area contributed by atoms with Crippen molar-refractivity contribution in [1.29, 1.82) is 0 Å². The zero-order chi connectivity index (χ0) is 12.9. The van der Waals surface area contributed by atoms with Crippen LogP contribution in [-0.2, 0) is 7.05 Å². The molecule has 1 aromatic carbocycles. The van der Waals surface area contributed by atoms with E-state index in [2.05, 4.69) is 9.97 Å². The van der Waals surface area contributed by atoms with Gasteiger partial charge in [-0.1, -0.05) is 11.6 Å². The van der Waals surface area contributed by atoms with Crippen LogP contribution in [0.4, 0.5) is 0 Å². The molecule has 0 amide bonds. The predicted octanol–water partition coefficient (Wildman–Crippen LogP) is 2.44. The van der Waals surface area contributed by atoms with Gasteiger partial charge in [-0.15, -0.1) is 0 Å². The molecule has 2 heterocycles. The van der Waals surface area contributed by atoms with Crippen molar-refractivity contribution in [2.75, 3.05) is 0 Å². The summed E-state index contributed by atoms with van der Waals surface area (Å²) < 4.78 is 1.89. The molecule has 4 nitrogen and oxygen atoms in total. The van der Waals surface area contributed by atoms with Gasteiger partial charge in [-0.3, -0.25) is 4.79 Å². The fourth-order valence-corrected chi connectivity index (χ4v) is 2.29. The number of benzene rings is 1. The van der Waals surface area contributed by atoms with Crippen molar-refractivity contribution in [3.63, 3.8) is 0 Å². The van der Waals surface area contributed by atoms with Gasteiger partial charge in [-0.05, 0) is 25.1 Å². The van der Waals surface area contributed by atoms with Gasteiger partial charge in [0.05, 0.1) is 10.9 Å². The molecule has 0 saturated carbocycles. The maximum Gasteiger partial charge on any atom is 0.200 e. The summed E-state index contributed by atoms with van der Waals surface area (Å²) >= 11 is 5.94. The SMILES string of the molecule is Cc1ncc2c(=O)c3cc(Cl)ccc3n(C)c2n1. The molecule has 0 bridgehead atoms. The van der Waals surface area contributed by atoms with Crippen molar-refractivity contribution in [2.45, 2.75) is 6.92 Å². The summed E-state index contributed by atoms with van der Waals surface area (Å²) in [7, 11) is 1.88. The van der Waals surface area contributed by atoms with E-state index in [0.29, 0.717) is 27.3 Å². The Morgan fingerprint density at radius 3 is 2.83 bits per heavy atom. The zero-order valence-corrected chi connectivity index (χ0v) is 10.7. The molecule has 3 aromatic rings. The predicted molar refractivity (Wildman–Crippen MR) is 72.0 cm³/mol. The van der Waals surface area contributed by atoms with Crippen LogP contribution < -0.4 is 5.43 Å². The molecule has 18 heavy (non-hydrogen) atoms. The fourth-order valence-electron chi connectivity index (χ4n) is 2.12. The Hall–Kier alpha value is -1.94. The highest BCUT2D eigenvalue weighted by atomic mass is 35.5. The van der Waals surface area contributed by atoms with Crippen LogP contribution in [0.15, 0.2) is 29.2 Å². The second kappa shape index (κ2) is 3.78. The Morgan fingerprint density at radius 2 is 2.06 bits per heavy atom. The van der Waals surface area contributed by atoms with Gasteiger partial charge < -0.3 is 4.57 Å². The Labute approximate surface area is 108 Å². The minimum Gasteiger partial charge on any atom is -0.328 e. The van der Waals surface area contributed by atoms with Gasteiger partial charge in [0, 0.05) is 23.7 Å². The van der Waals surface area contributed by atoms with Crippen LogP contribution in [0.2, 0.25) is 5.02 Å². The Kier molecular flexibility index (Phi) is 2.35. The van der Waals surface area contributed by atoms with Gasteiger partial charge in [0.15, 0.2) is 5.43 Å². The molecule has 5 heteroatoms. The van der Waals surface area contributed by atoms with Gasteiger partial charge in [0.2, 0.25) is 0 Å². The molecule has 0 saturated heterocycles. The second-order valence-corrected chi connectivity index (χ2v) is 4.64. The maximum atomic E-state index is 12.4. The fraction of sp³-hybridized carbons (Fsp3) is 0.154. The van der Waals surface area contributed by atoms with Gasteiger partial charge in [-0.2, -0.15) is 0 Å². The van der Waals surface area contributed by atoms with Crippen molar-refractivity contribution >= 4 is 33.5 Å². The molecule has 90 valence electrons. The molecule has 0 radical (unpaired) electrons. The summed E-state index contributed by atoms with van der Waals surface area (Å²) in [6.07, 6.45) is 1.57. The summed E-state index contributed by atoms with van der Waals surface area (Å²) in [6, 6.07) is 5.28. The maximum absolute atomic E-state index is 12.4. The molecular formula is C13H10ClN3O. The lowest BCUT2D eigenvalue weighted by Crippen LogP contribution is -2.11. The lowest BCUT2D eigenvalue weighted by molar-refractivity contribution is 0.950. The van der Waals surface area contributed by atoms with E-state index >= 15 is 0 Å². The van der Waals surface area contributed by atoms with Crippen molar-refractivity contribution < 1.29 is 0 Å². The normalized spacial score (nSPS) is 11.3. The highest BCUT2D eigenvalue weighted by molar-refractivity contribution is 6.31. The minimum absolute atomic E-state index is 0.0828. The first kappa shape index (κ1) is 11.2. The standard InChI is InChI=1S/C13H10ClN3O/c1-7-15-6-10-12(18)9-5-8(14)3-4-11(9)17(2)13(10)16-7/h3-6H,1-2H3. The number of aryl methyl sites for hydroxylation is 2. The highest BCUT2D eigenvalue weighted by Crippen LogP contribution is 2.19. The molecule has 0 atom stereocenters. The zero-order valence-electron chi connectivity index (χ0n) is 9.94. The van der Waals surface area contributed by atoms with Crippen LogP contribution in [-0.4, -0.2) is 14.5 Å². The van der Waals surface area contributed by atoms with E-state index in [4.69, 9.17) is 11.6 Å². The molecule has 0 aliphatic rings. The van der Waals surface area contributed by atoms with Crippen molar-refractivity contribution in [2.24, 2.45) is 7.05 Å². The van der Waals surface area contributed by atoms with E-state index in [9.17, 15) is 4.79 Å². The molecule has 0 fully saturated rings. The van der Waals surface area contributed by atoms with Crippen LogP contribution in [0.25, 0.3) is 21.9 Å². The number of nitrogens with zero attached hydrogens (tertiary/aromatic N) is 3. The number of hydrogen-bond acceptors (Lipinski definition) is 3. The third-order valence-electron chi connectivity index (χ3n) is 3.02. The second-order valence-electron chi connectivity index (χ2n) is 4.20. The molecular weight excluding hydrogens is 250 g/mol. The first-order valence-corrected chi connectivity index (χ1v) is 5.87. The van der Waals surface area contributed by atoms with Crippen LogP contribution in [0.1, 0.15) is 5.82 Å². The Bertz CT molecular complexity index is 839. The Morgan fingerprint density at radius 1 is 1.28 bits per heavy atom. The summed E-state index contributed by atoms with van der Waals surface area (Å²) in [4.78, 5) is 20.8. The number of halogens is 1. The molecule has 0 unspecified atom stereocenters. The summed E-state index contributed by atoms with van der Waals surface area (Å²) in [5.74, 6) is 0.644. The lowest BCUT2D eigenvalue weighted by Gasteiger charge is -2.09. The average Bonchev–Trinajstić information content (AvgIpc) is 2.36. The number of aromatic nitrogens is 3. The number of hydrogen-bond donors (Lipinski definition) is 0. The number of rotatable bonds is 0. The third kappa shape index (κ3) is 1.49. The minimum atomic E-state index is -0.0828. The summed E-state index contributed by atoms with van der Waals surface area (Å²) in [5.41, 5.74) is 1.37. The number of fused-ring (bicyclic) bond motifs is 2. The van der Waals surface area contributed by atoms with Crippen molar-refractivity contribution in [1.82, 2.24) is 14.5 Å². The van der Waals surface area contributed by atoms with Gasteiger partial charge in [0.1, 0.15) is 11.5 Å². The average molecular weight is 260 g/mol. The molecule has 3 rings (SSSR count). The highest BCUT2D eigenvalue weighted by Gasteiger charge is 2.10. The topological polar surface area (TPSA) is 47.8 Å². The monoisotopic (exact) mass is 259 g/mol. The largest absolute Gasteiger partial charge is 0.328 e. The van der Waals surface area contributed by atoms with E-state index in [-0.39, 0.29) is 5.43 Å². The third-order valence-corrected chi connectivity index (χ3v) is 3.25. The van der Waals surface area contributed by atoms with Gasteiger partial charge in [0.25, 0.3) is 0 Å². The van der Waals surface area contributed by atoms with Crippen molar-refractivity contribution in [3.05, 3.63) is 45.5 Å². The van der Waals surface area contributed by atoms with Crippen LogP contribution in [0.5, 0.6) is 0 Å². The van der Waals surface area contributed by atoms with Gasteiger partial charge >= 0.3 is 0 Å². The molecule has 0 aliphatic heterocycles. The van der Waals surface area contributed by atoms with E-state index in [0.717, 1.165) is 5.52 Å². The van der Waals surface area contributed by atoms with Crippen LogP contribution in [0, 0.1) is 6.92 Å². The number of pyridine rings is 1. The van der Waals surface area contributed by atoms with E-state index in [1.54, 1.807) is 25.3 Å². The van der Waals surface area contributed by atoms with E-state index in [1.807, 2.05) is 17.7 Å². The summed E-state index contributed by atoms with van der Waals surface area (Å²) in [6.45, 7) is 1.80. The van der Waals surface area contributed by atoms with Crippen LogP contribution in [0.3, 0.4) is 0 Å². The molecule has 2 aromatic heterocycles. The molecule has 0 aliphatic carbocycles. The first-order valence-electron chi connectivity index (χ1n) is 5.49. The van der Waals surface area contributed by atoms with E-state index < -0.39 is 0 Å². The van der Waals surface area contributed by atoms with E-state index in [1.165, 1.54) is 0 Å². The quantitative estimate of drug-likeness (QED) is 0.583.